The molecule has 1 saturated heterocycles. The molecule has 0 spiro atoms. The predicted molar refractivity (Wildman–Crippen MR) is 110 cm³/mol. The number of H-pyrrole nitrogens is 1. The molecular formula is C19H26N8. The van der Waals surface area contributed by atoms with Crippen LogP contribution in [0, 0.1) is 0 Å². The van der Waals surface area contributed by atoms with E-state index in [1.807, 2.05) is 30.6 Å². The van der Waals surface area contributed by atoms with Crippen molar-refractivity contribution in [2.45, 2.75) is 26.3 Å². The van der Waals surface area contributed by atoms with E-state index in [1.165, 1.54) is 0 Å². The molecule has 0 aliphatic carbocycles. The second-order valence-electron chi connectivity index (χ2n) is 7.77. The molecule has 0 unspecified atom stereocenters. The number of hydrogen-bond acceptors (Lipinski definition) is 7. The predicted octanol–water partition coefficient (Wildman–Crippen LogP) is 2.72. The third-order valence-electron chi connectivity index (χ3n) is 4.37. The summed E-state index contributed by atoms with van der Waals surface area (Å²) in [6.07, 6.45) is 3.70. The summed E-state index contributed by atoms with van der Waals surface area (Å²) >= 11 is 0. The summed E-state index contributed by atoms with van der Waals surface area (Å²) in [6, 6.07) is 6.07. The van der Waals surface area contributed by atoms with E-state index >= 15 is 0 Å². The lowest BCUT2D eigenvalue weighted by Gasteiger charge is -2.29. The Kier molecular flexibility index (Phi) is 4.57. The van der Waals surface area contributed by atoms with Gasteiger partial charge in [0.25, 0.3) is 0 Å². The molecule has 142 valence electrons. The second-order valence-corrected chi connectivity index (χ2v) is 7.77. The lowest BCUT2D eigenvalue weighted by Crippen LogP contribution is -2.43. The van der Waals surface area contributed by atoms with Crippen molar-refractivity contribution in [2.24, 2.45) is 0 Å². The first-order chi connectivity index (χ1) is 13.0. The smallest absolute Gasteiger partial charge is 0.232 e. The molecule has 1 aliphatic rings. The average molecular weight is 366 g/mol. The van der Waals surface area contributed by atoms with Gasteiger partial charge in [-0.05, 0) is 32.9 Å². The number of piperazine rings is 1. The molecule has 4 N–H and O–H groups in total. The monoisotopic (exact) mass is 366 g/mol. The molecule has 4 heterocycles. The molecule has 27 heavy (non-hydrogen) atoms. The molecule has 4 rings (SSSR count). The molecule has 0 radical (unpaired) electrons. The van der Waals surface area contributed by atoms with Crippen LogP contribution in [0.5, 0.6) is 0 Å². The molecule has 1 fully saturated rings. The van der Waals surface area contributed by atoms with Crippen LogP contribution in [0.4, 0.5) is 23.3 Å². The Morgan fingerprint density at radius 3 is 2.70 bits per heavy atom. The number of hydrogen-bond donors (Lipinski definition) is 4. The van der Waals surface area contributed by atoms with Crippen LogP contribution in [0.15, 0.2) is 30.6 Å². The average Bonchev–Trinajstić information content (AvgIpc) is 3.10. The zero-order chi connectivity index (χ0) is 18.9. The number of nitrogens with zero attached hydrogens (tertiary/aromatic N) is 4. The zero-order valence-corrected chi connectivity index (χ0v) is 16.0. The highest BCUT2D eigenvalue weighted by Crippen LogP contribution is 2.26. The highest BCUT2D eigenvalue weighted by Gasteiger charge is 2.16. The molecule has 1 aliphatic heterocycles. The van der Waals surface area contributed by atoms with Gasteiger partial charge in [-0.2, -0.15) is 9.97 Å². The Bertz CT molecular complexity index is 921. The quantitative estimate of drug-likeness (QED) is 0.564. The summed E-state index contributed by atoms with van der Waals surface area (Å²) < 4.78 is 0. The highest BCUT2D eigenvalue weighted by molar-refractivity contribution is 5.88. The number of pyridine rings is 1. The van der Waals surface area contributed by atoms with Gasteiger partial charge in [0, 0.05) is 55.9 Å². The molecule has 0 saturated carbocycles. The first kappa shape index (κ1) is 17.5. The SMILES string of the molecule is CC(C)(C)Nc1nc(Nc2cc(N3CCNCC3)ccn2)nc2[nH]ccc12. The number of aromatic amines is 1. The van der Waals surface area contributed by atoms with Crippen molar-refractivity contribution in [3.8, 4) is 0 Å². The maximum Gasteiger partial charge on any atom is 0.232 e. The van der Waals surface area contributed by atoms with Crippen LogP contribution < -0.4 is 20.9 Å². The molecule has 3 aromatic heterocycles. The molecule has 0 atom stereocenters. The summed E-state index contributed by atoms with van der Waals surface area (Å²) in [7, 11) is 0. The lowest BCUT2D eigenvalue weighted by molar-refractivity contribution is 0.589. The van der Waals surface area contributed by atoms with E-state index in [1.54, 1.807) is 0 Å². The van der Waals surface area contributed by atoms with Gasteiger partial charge in [-0.1, -0.05) is 0 Å². The number of nitrogens with one attached hydrogen (secondary N) is 4. The lowest BCUT2D eigenvalue weighted by atomic mass is 10.1. The number of rotatable bonds is 4. The van der Waals surface area contributed by atoms with Crippen molar-refractivity contribution in [2.75, 3.05) is 41.7 Å². The van der Waals surface area contributed by atoms with E-state index in [2.05, 4.69) is 61.6 Å². The molecule has 0 aromatic carbocycles. The maximum atomic E-state index is 4.68. The largest absolute Gasteiger partial charge is 0.369 e. The normalized spacial score (nSPS) is 15.1. The van der Waals surface area contributed by atoms with E-state index < -0.39 is 0 Å². The van der Waals surface area contributed by atoms with E-state index in [0.717, 1.165) is 54.5 Å². The summed E-state index contributed by atoms with van der Waals surface area (Å²) in [5.41, 5.74) is 1.84. The van der Waals surface area contributed by atoms with Crippen molar-refractivity contribution < 1.29 is 0 Å². The second kappa shape index (κ2) is 7.03. The molecule has 0 amide bonds. The van der Waals surface area contributed by atoms with E-state index in [4.69, 9.17) is 0 Å². The van der Waals surface area contributed by atoms with E-state index in [-0.39, 0.29) is 5.54 Å². The fourth-order valence-electron chi connectivity index (χ4n) is 3.17. The third-order valence-corrected chi connectivity index (χ3v) is 4.37. The van der Waals surface area contributed by atoms with Gasteiger partial charge in [-0.3, -0.25) is 0 Å². The van der Waals surface area contributed by atoms with Crippen LogP contribution in [0.1, 0.15) is 20.8 Å². The molecule has 8 heteroatoms. The molecular weight excluding hydrogens is 340 g/mol. The van der Waals surface area contributed by atoms with E-state index in [0.29, 0.717) is 5.95 Å². The van der Waals surface area contributed by atoms with Crippen LogP contribution >= 0.6 is 0 Å². The summed E-state index contributed by atoms with van der Waals surface area (Å²) in [5, 5.41) is 11.1. The van der Waals surface area contributed by atoms with Crippen molar-refractivity contribution in [3.05, 3.63) is 30.6 Å². The van der Waals surface area contributed by atoms with Gasteiger partial charge in [-0.15, -0.1) is 0 Å². The van der Waals surface area contributed by atoms with Gasteiger partial charge in [0.1, 0.15) is 17.3 Å². The third kappa shape index (κ3) is 4.11. The van der Waals surface area contributed by atoms with Gasteiger partial charge < -0.3 is 25.8 Å². The summed E-state index contributed by atoms with van der Waals surface area (Å²) in [6.45, 7) is 10.3. The Hall–Kier alpha value is -2.87. The van der Waals surface area contributed by atoms with Gasteiger partial charge in [0.15, 0.2) is 0 Å². The minimum absolute atomic E-state index is 0.101. The van der Waals surface area contributed by atoms with Crippen molar-refractivity contribution in [3.63, 3.8) is 0 Å². The van der Waals surface area contributed by atoms with Crippen molar-refractivity contribution in [1.29, 1.82) is 0 Å². The molecule has 3 aromatic rings. The van der Waals surface area contributed by atoms with Gasteiger partial charge in [0.05, 0.1) is 5.39 Å². The zero-order valence-electron chi connectivity index (χ0n) is 16.0. The van der Waals surface area contributed by atoms with Crippen LogP contribution in [0.25, 0.3) is 11.0 Å². The van der Waals surface area contributed by atoms with Crippen molar-refractivity contribution >= 4 is 34.3 Å². The first-order valence-corrected chi connectivity index (χ1v) is 9.30. The van der Waals surface area contributed by atoms with Gasteiger partial charge >= 0.3 is 0 Å². The summed E-state index contributed by atoms with van der Waals surface area (Å²) in [5.74, 6) is 2.05. The van der Waals surface area contributed by atoms with E-state index in [9.17, 15) is 0 Å². The van der Waals surface area contributed by atoms with Crippen LogP contribution in [0.3, 0.4) is 0 Å². The highest BCUT2D eigenvalue weighted by atomic mass is 15.2. The Labute approximate surface area is 158 Å². The van der Waals surface area contributed by atoms with Crippen LogP contribution in [-0.2, 0) is 0 Å². The standard InChI is InChI=1S/C19H26N8/c1-19(2,3)26-17-14-5-7-22-16(14)24-18(25-17)23-15-12-13(4-6-21-15)27-10-8-20-9-11-27/h4-7,12,20H,8-11H2,1-3H3,(H3,21,22,23,24,25,26). The van der Waals surface area contributed by atoms with Gasteiger partial charge in [-0.25, -0.2) is 4.98 Å². The first-order valence-electron chi connectivity index (χ1n) is 9.30. The van der Waals surface area contributed by atoms with Crippen LogP contribution in [-0.4, -0.2) is 51.7 Å². The molecule has 8 nitrogen and oxygen atoms in total. The van der Waals surface area contributed by atoms with Crippen LogP contribution in [0.2, 0.25) is 0 Å². The minimum atomic E-state index is -0.101. The number of anilines is 4. The van der Waals surface area contributed by atoms with Crippen molar-refractivity contribution in [1.82, 2.24) is 25.3 Å². The fourth-order valence-corrected chi connectivity index (χ4v) is 3.17. The number of fused-ring (bicyclic) bond motifs is 1. The fraction of sp³-hybridized carbons (Fsp3) is 0.421. The number of aromatic nitrogens is 4. The summed E-state index contributed by atoms with van der Waals surface area (Å²) in [4.78, 5) is 19.2. The van der Waals surface area contributed by atoms with Gasteiger partial charge in [0.2, 0.25) is 5.95 Å². The Balaban J connectivity index is 1.61. The Morgan fingerprint density at radius 1 is 1.11 bits per heavy atom. The Morgan fingerprint density at radius 2 is 1.93 bits per heavy atom. The molecule has 0 bridgehead atoms. The maximum absolute atomic E-state index is 4.68. The topological polar surface area (TPSA) is 93.8 Å². The minimum Gasteiger partial charge on any atom is -0.369 e.